The Labute approximate surface area is 167 Å². The molecule has 1 atom stereocenters. The SMILES string of the molecule is O=C(Cc1csc(-c2cccnc2)n1)N1CCNCC1c1cccc(Cl)c1. The van der Waals surface area contributed by atoms with E-state index in [9.17, 15) is 4.79 Å². The first-order chi connectivity index (χ1) is 13.2. The van der Waals surface area contributed by atoms with E-state index in [0.717, 1.165) is 34.9 Å². The van der Waals surface area contributed by atoms with Crippen LogP contribution in [0.4, 0.5) is 0 Å². The van der Waals surface area contributed by atoms with E-state index >= 15 is 0 Å². The fourth-order valence-corrected chi connectivity index (χ4v) is 4.29. The maximum absolute atomic E-state index is 13.0. The topological polar surface area (TPSA) is 58.1 Å². The van der Waals surface area contributed by atoms with Crippen molar-refractivity contribution in [2.75, 3.05) is 19.6 Å². The number of rotatable bonds is 4. The lowest BCUT2D eigenvalue weighted by atomic mass is 10.0. The van der Waals surface area contributed by atoms with E-state index in [1.54, 1.807) is 12.4 Å². The molecule has 1 N–H and O–H groups in total. The summed E-state index contributed by atoms with van der Waals surface area (Å²) in [7, 11) is 0. The second-order valence-corrected chi connectivity index (χ2v) is 7.72. The fraction of sp³-hybridized carbons (Fsp3) is 0.250. The van der Waals surface area contributed by atoms with E-state index in [4.69, 9.17) is 11.6 Å². The lowest BCUT2D eigenvalue weighted by molar-refractivity contribution is -0.133. The molecule has 0 bridgehead atoms. The Hall–Kier alpha value is -2.28. The minimum absolute atomic E-state index is 0.0126. The molecule has 0 saturated carbocycles. The first kappa shape index (κ1) is 18.1. The van der Waals surface area contributed by atoms with Crippen molar-refractivity contribution in [3.8, 4) is 10.6 Å². The Bertz CT molecular complexity index is 930. The molecular formula is C20H19ClN4OS. The number of piperazine rings is 1. The second-order valence-electron chi connectivity index (χ2n) is 6.42. The van der Waals surface area contributed by atoms with Crippen LogP contribution in [0.1, 0.15) is 17.3 Å². The highest BCUT2D eigenvalue weighted by molar-refractivity contribution is 7.13. The largest absolute Gasteiger partial charge is 0.333 e. The summed E-state index contributed by atoms with van der Waals surface area (Å²) in [5.74, 6) is 0.0875. The molecule has 4 rings (SSSR count). The minimum atomic E-state index is -0.0126. The number of nitrogens with zero attached hydrogens (tertiary/aromatic N) is 3. The van der Waals surface area contributed by atoms with Crippen molar-refractivity contribution in [1.82, 2.24) is 20.2 Å². The number of aromatic nitrogens is 2. The molecule has 0 radical (unpaired) electrons. The zero-order valence-corrected chi connectivity index (χ0v) is 16.2. The van der Waals surface area contributed by atoms with Gasteiger partial charge in [0.25, 0.3) is 0 Å². The van der Waals surface area contributed by atoms with E-state index in [1.807, 2.05) is 46.7 Å². The summed E-state index contributed by atoms with van der Waals surface area (Å²) in [6.07, 6.45) is 3.83. The highest BCUT2D eigenvalue weighted by atomic mass is 35.5. The number of benzene rings is 1. The molecule has 3 heterocycles. The molecule has 0 aliphatic carbocycles. The first-order valence-corrected chi connectivity index (χ1v) is 10.1. The molecule has 1 aliphatic heterocycles. The summed E-state index contributed by atoms with van der Waals surface area (Å²) in [4.78, 5) is 23.7. The summed E-state index contributed by atoms with van der Waals surface area (Å²) < 4.78 is 0. The Balaban J connectivity index is 1.50. The van der Waals surface area contributed by atoms with Crippen molar-refractivity contribution in [3.05, 3.63) is 70.5 Å². The van der Waals surface area contributed by atoms with Crippen LogP contribution in [0.25, 0.3) is 10.6 Å². The lowest BCUT2D eigenvalue weighted by Crippen LogP contribution is -2.49. The maximum atomic E-state index is 13.0. The summed E-state index contributed by atoms with van der Waals surface area (Å²) >= 11 is 7.68. The highest BCUT2D eigenvalue weighted by Gasteiger charge is 2.28. The van der Waals surface area contributed by atoms with Crippen molar-refractivity contribution >= 4 is 28.8 Å². The van der Waals surface area contributed by atoms with Crippen molar-refractivity contribution in [1.29, 1.82) is 0 Å². The molecule has 0 spiro atoms. The molecule has 1 amide bonds. The molecule has 1 aromatic carbocycles. The zero-order valence-electron chi connectivity index (χ0n) is 14.6. The van der Waals surface area contributed by atoms with Gasteiger partial charge in [0.1, 0.15) is 5.01 Å². The molecule has 1 aliphatic rings. The number of thiazole rings is 1. The van der Waals surface area contributed by atoms with Gasteiger partial charge < -0.3 is 10.2 Å². The van der Waals surface area contributed by atoms with Crippen molar-refractivity contribution in [2.24, 2.45) is 0 Å². The van der Waals surface area contributed by atoms with Gasteiger partial charge >= 0.3 is 0 Å². The van der Waals surface area contributed by atoms with Crippen LogP contribution in [0.2, 0.25) is 5.02 Å². The second kappa shape index (κ2) is 8.17. The van der Waals surface area contributed by atoms with Gasteiger partial charge in [-0.15, -0.1) is 11.3 Å². The number of carbonyl (C=O) groups excluding carboxylic acids is 1. The predicted octanol–water partition coefficient (Wildman–Crippen LogP) is 3.57. The molecule has 27 heavy (non-hydrogen) atoms. The van der Waals surface area contributed by atoms with Crippen LogP contribution in [0.15, 0.2) is 54.2 Å². The molecule has 3 aromatic rings. The highest BCUT2D eigenvalue weighted by Crippen LogP contribution is 2.27. The first-order valence-electron chi connectivity index (χ1n) is 8.81. The number of hydrogen-bond donors (Lipinski definition) is 1. The Morgan fingerprint density at radius 1 is 1.33 bits per heavy atom. The van der Waals surface area contributed by atoms with E-state index in [-0.39, 0.29) is 11.9 Å². The van der Waals surface area contributed by atoms with Gasteiger partial charge in [0, 0.05) is 48.0 Å². The van der Waals surface area contributed by atoms with Crippen LogP contribution in [0, 0.1) is 0 Å². The van der Waals surface area contributed by atoms with Gasteiger partial charge in [-0.3, -0.25) is 9.78 Å². The molecule has 1 unspecified atom stereocenters. The molecule has 7 heteroatoms. The van der Waals surface area contributed by atoms with Crippen LogP contribution in [-0.4, -0.2) is 40.4 Å². The average Bonchev–Trinajstić information content (AvgIpc) is 3.17. The van der Waals surface area contributed by atoms with Gasteiger partial charge in [0.15, 0.2) is 0 Å². The van der Waals surface area contributed by atoms with E-state index in [2.05, 4.69) is 15.3 Å². The van der Waals surface area contributed by atoms with E-state index < -0.39 is 0 Å². The van der Waals surface area contributed by atoms with Gasteiger partial charge in [-0.25, -0.2) is 4.98 Å². The summed E-state index contributed by atoms with van der Waals surface area (Å²) in [6, 6.07) is 11.6. The molecular weight excluding hydrogens is 380 g/mol. The van der Waals surface area contributed by atoms with Gasteiger partial charge in [-0.05, 0) is 29.8 Å². The number of halogens is 1. The Morgan fingerprint density at radius 3 is 3.07 bits per heavy atom. The van der Waals surface area contributed by atoms with Crippen LogP contribution in [0.5, 0.6) is 0 Å². The lowest BCUT2D eigenvalue weighted by Gasteiger charge is -2.36. The van der Waals surface area contributed by atoms with Gasteiger partial charge in [-0.2, -0.15) is 0 Å². The van der Waals surface area contributed by atoms with Gasteiger partial charge in [-0.1, -0.05) is 23.7 Å². The smallest absolute Gasteiger partial charge is 0.229 e. The molecule has 1 fully saturated rings. The van der Waals surface area contributed by atoms with Gasteiger partial charge in [0.05, 0.1) is 18.2 Å². The number of pyridine rings is 1. The fourth-order valence-electron chi connectivity index (χ4n) is 3.28. The number of hydrogen-bond acceptors (Lipinski definition) is 5. The van der Waals surface area contributed by atoms with Crippen molar-refractivity contribution in [2.45, 2.75) is 12.5 Å². The van der Waals surface area contributed by atoms with Crippen LogP contribution < -0.4 is 5.32 Å². The average molecular weight is 399 g/mol. The van der Waals surface area contributed by atoms with E-state index in [0.29, 0.717) is 18.0 Å². The summed E-state index contributed by atoms with van der Waals surface area (Å²) in [5, 5.41) is 6.90. The third kappa shape index (κ3) is 4.18. The van der Waals surface area contributed by atoms with Crippen LogP contribution >= 0.6 is 22.9 Å². The Kier molecular flexibility index (Phi) is 5.48. The van der Waals surface area contributed by atoms with Crippen LogP contribution in [-0.2, 0) is 11.2 Å². The van der Waals surface area contributed by atoms with Gasteiger partial charge in [0.2, 0.25) is 5.91 Å². The van der Waals surface area contributed by atoms with Crippen molar-refractivity contribution in [3.63, 3.8) is 0 Å². The standard InChI is InChI=1S/C20H19ClN4OS/c21-16-5-1-3-14(9-16)18-12-23-7-8-25(18)19(26)10-17-13-27-20(24-17)15-4-2-6-22-11-15/h1-6,9,11,13,18,23H,7-8,10,12H2. The third-order valence-corrected chi connectivity index (χ3v) is 5.77. The number of carbonyl (C=O) groups is 1. The van der Waals surface area contributed by atoms with Crippen LogP contribution in [0.3, 0.4) is 0 Å². The number of amides is 1. The monoisotopic (exact) mass is 398 g/mol. The molecule has 2 aromatic heterocycles. The molecule has 138 valence electrons. The normalized spacial score (nSPS) is 17.1. The zero-order chi connectivity index (χ0) is 18.6. The third-order valence-electron chi connectivity index (χ3n) is 4.59. The van der Waals surface area contributed by atoms with Crippen molar-refractivity contribution < 1.29 is 4.79 Å². The quantitative estimate of drug-likeness (QED) is 0.729. The summed E-state index contributed by atoms with van der Waals surface area (Å²) in [5.41, 5.74) is 2.82. The molecule has 5 nitrogen and oxygen atoms in total. The summed E-state index contributed by atoms with van der Waals surface area (Å²) in [6.45, 7) is 2.19. The predicted molar refractivity (Wildman–Crippen MR) is 108 cm³/mol. The Morgan fingerprint density at radius 2 is 2.26 bits per heavy atom. The number of nitrogens with one attached hydrogen (secondary N) is 1. The molecule has 1 saturated heterocycles. The maximum Gasteiger partial charge on any atom is 0.229 e. The minimum Gasteiger partial charge on any atom is -0.333 e. The van der Waals surface area contributed by atoms with E-state index in [1.165, 1.54) is 11.3 Å².